The maximum atomic E-state index is 12.5. The lowest BCUT2D eigenvalue weighted by atomic mass is 9.89. The SMILES string of the molecule is O=C(Nc1ccc(C2CCN(C(=O)c3cccs3)CC2)cc1)C1CN(c2cccnn2)C1. The molecule has 0 radical (unpaired) electrons. The van der Waals surface area contributed by atoms with Gasteiger partial charge in [-0.15, -0.1) is 16.4 Å². The van der Waals surface area contributed by atoms with Crippen LogP contribution in [0.5, 0.6) is 0 Å². The fraction of sp³-hybridized carbons (Fsp3) is 0.333. The van der Waals surface area contributed by atoms with Crippen molar-refractivity contribution in [3.8, 4) is 0 Å². The summed E-state index contributed by atoms with van der Waals surface area (Å²) >= 11 is 1.50. The summed E-state index contributed by atoms with van der Waals surface area (Å²) in [5.41, 5.74) is 2.09. The van der Waals surface area contributed by atoms with Crippen molar-refractivity contribution in [3.63, 3.8) is 0 Å². The summed E-state index contributed by atoms with van der Waals surface area (Å²) in [6.45, 7) is 2.88. The van der Waals surface area contributed by atoms with E-state index in [1.165, 1.54) is 16.9 Å². The number of benzene rings is 1. The third-order valence-corrected chi connectivity index (χ3v) is 7.16. The number of hydrogen-bond acceptors (Lipinski definition) is 6. The molecule has 2 fully saturated rings. The number of hydrogen-bond donors (Lipinski definition) is 1. The molecule has 1 N–H and O–H groups in total. The highest BCUT2D eigenvalue weighted by molar-refractivity contribution is 7.12. The summed E-state index contributed by atoms with van der Waals surface area (Å²) < 4.78 is 0. The molecule has 0 spiro atoms. The van der Waals surface area contributed by atoms with Crippen molar-refractivity contribution in [2.75, 3.05) is 36.4 Å². The second-order valence-corrected chi connectivity index (χ2v) is 9.29. The van der Waals surface area contributed by atoms with Gasteiger partial charge < -0.3 is 15.1 Å². The molecule has 2 amide bonds. The average molecular weight is 448 g/mol. The largest absolute Gasteiger partial charge is 0.353 e. The van der Waals surface area contributed by atoms with E-state index in [2.05, 4.69) is 32.5 Å². The van der Waals surface area contributed by atoms with Crippen molar-refractivity contribution < 1.29 is 9.59 Å². The fourth-order valence-electron chi connectivity index (χ4n) is 4.35. The Balaban J connectivity index is 1.10. The first-order valence-corrected chi connectivity index (χ1v) is 11.8. The molecule has 2 aliphatic heterocycles. The fourth-order valence-corrected chi connectivity index (χ4v) is 5.04. The molecular weight excluding hydrogens is 422 g/mol. The van der Waals surface area contributed by atoms with Crippen molar-refractivity contribution in [3.05, 3.63) is 70.5 Å². The van der Waals surface area contributed by atoms with Gasteiger partial charge in [0.1, 0.15) is 0 Å². The third-order valence-electron chi connectivity index (χ3n) is 6.30. The molecule has 4 heterocycles. The van der Waals surface area contributed by atoms with Gasteiger partial charge in [0.15, 0.2) is 5.82 Å². The second kappa shape index (κ2) is 9.08. The van der Waals surface area contributed by atoms with Crippen LogP contribution in [0.15, 0.2) is 60.1 Å². The number of carbonyl (C=O) groups is 2. The first-order chi connectivity index (χ1) is 15.7. The van der Waals surface area contributed by atoms with Gasteiger partial charge in [-0.2, -0.15) is 5.10 Å². The van der Waals surface area contributed by atoms with Gasteiger partial charge in [0.25, 0.3) is 5.91 Å². The van der Waals surface area contributed by atoms with E-state index in [1.54, 1.807) is 6.20 Å². The van der Waals surface area contributed by atoms with Gasteiger partial charge >= 0.3 is 0 Å². The van der Waals surface area contributed by atoms with E-state index >= 15 is 0 Å². The van der Waals surface area contributed by atoms with Gasteiger partial charge in [-0.05, 0) is 60.0 Å². The van der Waals surface area contributed by atoms with E-state index in [9.17, 15) is 9.59 Å². The standard InChI is InChI=1S/C24H25N5O2S/c30-23(19-15-29(16-19)22-4-1-11-25-27-22)26-20-7-5-17(6-8-20)18-9-12-28(13-10-18)24(31)21-3-2-14-32-21/h1-8,11,14,18-19H,9-10,12-13,15-16H2,(H,26,30). The highest BCUT2D eigenvalue weighted by Gasteiger charge is 2.33. The minimum Gasteiger partial charge on any atom is -0.353 e. The summed E-state index contributed by atoms with van der Waals surface area (Å²) in [5.74, 6) is 1.40. The Morgan fingerprint density at radius 3 is 2.44 bits per heavy atom. The quantitative estimate of drug-likeness (QED) is 0.646. The molecule has 0 atom stereocenters. The van der Waals surface area contributed by atoms with Crippen molar-refractivity contribution in [2.45, 2.75) is 18.8 Å². The van der Waals surface area contributed by atoms with Gasteiger partial charge in [-0.3, -0.25) is 9.59 Å². The zero-order chi connectivity index (χ0) is 21.9. The number of anilines is 2. The number of carbonyl (C=O) groups excluding carboxylic acids is 2. The average Bonchev–Trinajstić information content (AvgIpc) is 3.34. The molecule has 7 nitrogen and oxygen atoms in total. The predicted molar refractivity (Wildman–Crippen MR) is 125 cm³/mol. The highest BCUT2D eigenvalue weighted by Crippen LogP contribution is 2.30. The van der Waals surface area contributed by atoms with Crippen LogP contribution in [0.2, 0.25) is 0 Å². The molecule has 0 aliphatic carbocycles. The van der Waals surface area contributed by atoms with Crippen molar-refractivity contribution in [1.29, 1.82) is 0 Å². The lowest BCUT2D eigenvalue weighted by molar-refractivity contribution is -0.120. The molecule has 0 unspecified atom stereocenters. The van der Waals surface area contributed by atoms with Crippen LogP contribution in [0, 0.1) is 5.92 Å². The Bertz CT molecular complexity index is 1060. The molecule has 2 aliphatic rings. The van der Waals surface area contributed by atoms with E-state index in [-0.39, 0.29) is 17.7 Å². The molecule has 0 saturated carbocycles. The number of nitrogens with zero attached hydrogens (tertiary/aromatic N) is 4. The number of aromatic nitrogens is 2. The molecule has 2 saturated heterocycles. The molecular formula is C24H25N5O2S. The van der Waals surface area contributed by atoms with Gasteiger partial charge in [-0.1, -0.05) is 18.2 Å². The van der Waals surface area contributed by atoms with Crippen LogP contribution in [0.4, 0.5) is 11.5 Å². The predicted octanol–water partition coefficient (Wildman–Crippen LogP) is 3.63. The van der Waals surface area contributed by atoms with E-state index in [0.717, 1.165) is 42.3 Å². The smallest absolute Gasteiger partial charge is 0.263 e. The van der Waals surface area contributed by atoms with Crippen LogP contribution in [0.25, 0.3) is 0 Å². The van der Waals surface area contributed by atoms with Crippen LogP contribution in [0.3, 0.4) is 0 Å². The maximum absolute atomic E-state index is 12.5. The van der Waals surface area contributed by atoms with E-state index in [0.29, 0.717) is 19.0 Å². The molecule has 0 bridgehead atoms. The minimum atomic E-state index is -0.0399. The number of thiophene rings is 1. The van der Waals surface area contributed by atoms with E-state index in [4.69, 9.17) is 0 Å². The Morgan fingerprint density at radius 1 is 1.00 bits per heavy atom. The summed E-state index contributed by atoms with van der Waals surface area (Å²) in [4.78, 5) is 29.9. The first-order valence-electron chi connectivity index (χ1n) is 10.9. The molecule has 3 aromatic rings. The minimum absolute atomic E-state index is 0.0399. The first kappa shape index (κ1) is 20.6. The zero-order valence-electron chi connectivity index (χ0n) is 17.7. The van der Waals surface area contributed by atoms with Crippen LogP contribution >= 0.6 is 11.3 Å². The molecule has 1 aromatic carbocycles. The van der Waals surface area contributed by atoms with Gasteiger partial charge in [0, 0.05) is 38.1 Å². The van der Waals surface area contributed by atoms with Crippen molar-refractivity contribution >= 4 is 34.7 Å². The lowest BCUT2D eigenvalue weighted by Crippen LogP contribution is -2.52. The topological polar surface area (TPSA) is 78.4 Å². The number of nitrogens with one attached hydrogen (secondary N) is 1. The number of rotatable bonds is 5. The third kappa shape index (κ3) is 4.36. The molecule has 32 heavy (non-hydrogen) atoms. The Morgan fingerprint density at radius 2 is 1.78 bits per heavy atom. The Hall–Kier alpha value is -3.26. The van der Waals surface area contributed by atoms with Gasteiger partial charge in [-0.25, -0.2) is 0 Å². The van der Waals surface area contributed by atoms with Crippen LogP contribution in [0.1, 0.15) is 34.0 Å². The summed E-state index contributed by atoms with van der Waals surface area (Å²) in [6, 6.07) is 15.7. The van der Waals surface area contributed by atoms with Crippen molar-refractivity contribution in [1.82, 2.24) is 15.1 Å². The lowest BCUT2D eigenvalue weighted by Gasteiger charge is -2.38. The Kier molecular flexibility index (Phi) is 5.85. The number of likely N-dealkylation sites (tertiary alicyclic amines) is 1. The number of piperidine rings is 1. The molecule has 164 valence electrons. The monoisotopic (exact) mass is 447 g/mol. The Labute approximate surface area is 191 Å². The summed E-state index contributed by atoms with van der Waals surface area (Å²) in [6.07, 6.45) is 3.57. The normalized spacial score (nSPS) is 17.1. The molecule has 5 rings (SSSR count). The van der Waals surface area contributed by atoms with Gasteiger partial charge in [0.2, 0.25) is 5.91 Å². The van der Waals surface area contributed by atoms with E-state index in [1.807, 2.05) is 46.7 Å². The molecule has 8 heteroatoms. The van der Waals surface area contributed by atoms with Crippen LogP contribution in [-0.2, 0) is 4.79 Å². The van der Waals surface area contributed by atoms with E-state index < -0.39 is 0 Å². The second-order valence-electron chi connectivity index (χ2n) is 8.34. The zero-order valence-corrected chi connectivity index (χ0v) is 18.5. The molecule has 2 aromatic heterocycles. The van der Waals surface area contributed by atoms with Crippen LogP contribution in [-0.4, -0.2) is 53.1 Å². The maximum Gasteiger partial charge on any atom is 0.263 e. The van der Waals surface area contributed by atoms with Crippen molar-refractivity contribution in [2.24, 2.45) is 5.92 Å². The summed E-state index contributed by atoms with van der Waals surface area (Å²) in [5, 5.41) is 12.9. The number of amides is 2. The highest BCUT2D eigenvalue weighted by atomic mass is 32.1. The van der Waals surface area contributed by atoms with Gasteiger partial charge in [0.05, 0.1) is 10.8 Å². The van der Waals surface area contributed by atoms with Crippen LogP contribution < -0.4 is 10.2 Å². The summed E-state index contributed by atoms with van der Waals surface area (Å²) in [7, 11) is 0.